The van der Waals surface area contributed by atoms with E-state index in [2.05, 4.69) is 5.73 Å². The monoisotopic (exact) mass is 253 g/mol. The van der Waals surface area contributed by atoms with Gasteiger partial charge in [0.15, 0.2) is 0 Å². The molecule has 4 N–H and O–H groups in total. The van der Waals surface area contributed by atoms with Gasteiger partial charge < -0.3 is 21.1 Å². The average Bonchev–Trinajstić information content (AvgIpc) is 2.30. The molecule has 16 heavy (non-hydrogen) atoms. The third kappa shape index (κ3) is 5.65. The van der Waals surface area contributed by atoms with Crippen LogP contribution in [0.1, 0.15) is 13.8 Å². The zero-order valence-electron chi connectivity index (χ0n) is 10.3. The predicted octanol–water partition coefficient (Wildman–Crippen LogP) is -0.175. The minimum Gasteiger partial charge on any atom is -0.373 e. The highest BCUT2D eigenvalue weighted by molar-refractivity contribution is 5.85. The fraction of sp³-hybridized carbons (Fsp3) is 0.900. The van der Waals surface area contributed by atoms with Crippen LogP contribution in [0.3, 0.4) is 0 Å². The first-order chi connectivity index (χ1) is 7.15. The lowest BCUT2D eigenvalue weighted by Crippen LogP contribution is -2.49. The van der Waals surface area contributed by atoms with Crippen molar-refractivity contribution >= 4 is 18.3 Å². The molecule has 0 unspecified atom stereocenters. The third-order valence-corrected chi connectivity index (χ3v) is 2.21. The number of carbonyl (C=O) groups excluding carboxylic acids is 1. The van der Waals surface area contributed by atoms with Crippen LogP contribution in [-0.4, -0.2) is 50.2 Å². The van der Waals surface area contributed by atoms with E-state index in [0.717, 1.165) is 0 Å². The van der Waals surface area contributed by atoms with Crippen LogP contribution < -0.4 is 11.5 Å². The summed E-state index contributed by atoms with van der Waals surface area (Å²) < 4.78 is 5.37. The van der Waals surface area contributed by atoms with Crippen molar-refractivity contribution in [1.82, 2.24) is 4.90 Å². The van der Waals surface area contributed by atoms with Gasteiger partial charge in [0.25, 0.3) is 0 Å². The Labute approximate surface area is 104 Å². The van der Waals surface area contributed by atoms with Gasteiger partial charge in [-0.1, -0.05) is 13.8 Å². The van der Waals surface area contributed by atoms with Crippen molar-refractivity contribution in [3.05, 3.63) is 0 Å². The van der Waals surface area contributed by atoms with E-state index in [4.69, 9.17) is 10.5 Å². The standard InChI is InChI=1S/C9H18N2O2.CH5N.ClH/c1-7(2)9(12)11-3-4-13-8(5-10)6-11;1-2;/h7-8H,3-6,10H2,1-2H3;2H2,1H3;1H/t8-;;/m0../s1. The van der Waals surface area contributed by atoms with Crippen molar-refractivity contribution in [3.63, 3.8) is 0 Å². The molecule has 1 heterocycles. The molecule has 1 amide bonds. The fourth-order valence-corrected chi connectivity index (χ4v) is 1.43. The molecule has 0 aromatic carbocycles. The lowest BCUT2D eigenvalue weighted by molar-refractivity contribution is -0.141. The Kier molecular flexibility index (Phi) is 11.1. The largest absolute Gasteiger partial charge is 0.373 e. The Balaban J connectivity index is 0. The fourth-order valence-electron chi connectivity index (χ4n) is 1.43. The SMILES string of the molecule is CC(C)C(=O)N1CCO[C@@H](CN)C1.CN.Cl. The second-order valence-corrected chi connectivity index (χ2v) is 3.67. The molecule has 0 radical (unpaired) electrons. The van der Waals surface area contributed by atoms with E-state index >= 15 is 0 Å². The summed E-state index contributed by atoms with van der Waals surface area (Å²) in [6, 6.07) is 0. The van der Waals surface area contributed by atoms with Gasteiger partial charge in [0.2, 0.25) is 5.91 Å². The molecule has 0 aromatic heterocycles. The van der Waals surface area contributed by atoms with Crippen molar-refractivity contribution in [2.45, 2.75) is 20.0 Å². The number of nitrogens with two attached hydrogens (primary N) is 2. The molecular weight excluding hydrogens is 230 g/mol. The molecule has 0 spiro atoms. The van der Waals surface area contributed by atoms with E-state index in [1.807, 2.05) is 18.7 Å². The molecular formula is C10H24ClN3O2. The molecule has 1 rings (SSSR count). The van der Waals surface area contributed by atoms with E-state index in [0.29, 0.717) is 26.2 Å². The molecule has 6 heteroatoms. The van der Waals surface area contributed by atoms with E-state index < -0.39 is 0 Å². The molecule has 1 aliphatic heterocycles. The predicted molar refractivity (Wildman–Crippen MR) is 67.6 cm³/mol. The summed E-state index contributed by atoms with van der Waals surface area (Å²) in [6.45, 7) is 6.27. The number of morpholine rings is 1. The first-order valence-corrected chi connectivity index (χ1v) is 5.33. The molecule has 1 atom stereocenters. The molecule has 1 fully saturated rings. The van der Waals surface area contributed by atoms with Gasteiger partial charge in [-0.15, -0.1) is 12.4 Å². The maximum Gasteiger partial charge on any atom is 0.225 e. The van der Waals surface area contributed by atoms with Crippen molar-refractivity contribution in [1.29, 1.82) is 0 Å². The van der Waals surface area contributed by atoms with Crippen LogP contribution in [0.5, 0.6) is 0 Å². The molecule has 0 aromatic rings. The van der Waals surface area contributed by atoms with Crippen LogP contribution >= 0.6 is 12.4 Å². The maximum atomic E-state index is 11.6. The Morgan fingerprint density at radius 2 is 2.06 bits per heavy atom. The topological polar surface area (TPSA) is 81.6 Å². The molecule has 0 bridgehead atoms. The molecule has 98 valence electrons. The highest BCUT2D eigenvalue weighted by atomic mass is 35.5. The normalized spacial score (nSPS) is 19.6. The van der Waals surface area contributed by atoms with E-state index in [1.165, 1.54) is 7.05 Å². The molecule has 0 saturated carbocycles. The van der Waals surface area contributed by atoms with Crippen LogP contribution in [0, 0.1) is 5.92 Å². The lowest BCUT2D eigenvalue weighted by Gasteiger charge is -2.33. The van der Waals surface area contributed by atoms with Crippen molar-refractivity contribution in [2.24, 2.45) is 17.4 Å². The zero-order chi connectivity index (χ0) is 11.8. The zero-order valence-corrected chi connectivity index (χ0v) is 11.1. The smallest absolute Gasteiger partial charge is 0.225 e. The lowest BCUT2D eigenvalue weighted by atomic mass is 10.1. The van der Waals surface area contributed by atoms with Gasteiger partial charge in [0.1, 0.15) is 0 Å². The number of hydrogen-bond acceptors (Lipinski definition) is 4. The van der Waals surface area contributed by atoms with Crippen LogP contribution in [0.25, 0.3) is 0 Å². The molecule has 0 aliphatic carbocycles. The van der Waals surface area contributed by atoms with Crippen molar-refractivity contribution in [3.8, 4) is 0 Å². The van der Waals surface area contributed by atoms with Crippen LogP contribution in [-0.2, 0) is 9.53 Å². The van der Waals surface area contributed by atoms with Crippen LogP contribution in [0.15, 0.2) is 0 Å². The number of ether oxygens (including phenoxy) is 1. The average molecular weight is 254 g/mol. The van der Waals surface area contributed by atoms with Gasteiger partial charge in [0, 0.05) is 25.6 Å². The maximum absolute atomic E-state index is 11.6. The van der Waals surface area contributed by atoms with Crippen LogP contribution in [0.2, 0.25) is 0 Å². The Hall–Kier alpha value is -0.360. The number of rotatable bonds is 2. The van der Waals surface area contributed by atoms with Gasteiger partial charge in [0.05, 0.1) is 12.7 Å². The Morgan fingerprint density at radius 1 is 1.50 bits per heavy atom. The van der Waals surface area contributed by atoms with Crippen molar-refractivity contribution < 1.29 is 9.53 Å². The summed E-state index contributed by atoms with van der Waals surface area (Å²) in [5, 5.41) is 0. The summed E-state index contributed by atoms with van der Waals surface area (Å²) >= 11 is 0. The molecule has 5 nitrogen and oxygen atoms in total. The third-order valence-electron chi connectivity index (χ3n) is 2.21. The number of halogens is 1. The van der Waals surface area contributed by atoms with Crippen molar-refractivity contribution in [2.75, 3.05) is 33.3 Å². The Morgan fingerprint density at radius 3 is 2.50 bits per heavy atom. The summed E-state index contributed by atoms with van der Waals surface area (Å²) in [4.78, 5) is 13.4. The van der Waals surface area contributed by atoms with E-state index in [9.17, 15) is 4.79 Å². The molecule has 1 saturated heterocycles. The highest BCUT2D eigenvalue weighted by Gasteiger charge is 2.24. The number of nitrogens with zero attached hydrogens (tertiary/aromatic N) is 1. The van der Waals surface area contributed by atoms with Gasteiger partial charge in [-0.05, 0) is 7.05 Å². The summed E-state index contributed by atoms with van der Waals surface area (Å²) in [6.07, 6.45) is 0.0245. The second-order valence-electron chi connectivity index (χ2n) is 3.67. The number of carbonyl (C=O) groups is 1. The first kappa shape index (κ1) is 18.0. The van der Waals surface area contributed by atoms with E-state index in [-0.39, 0.29) is 30.3 Å². The van der Waals surface area contributed by atoms with Gasteiger partial charge >= 0.3 is 0 Å². The molecule has 1 aliphatic rings. The number of hydrogen-bond donors (Lipinski definition) is 2. The van der Waals surface area contributed by atoms with Gasteiger partial charge in [-0.25, -0.2) is 0 Å². The van der Waals surface area contributed by atoms with Gasteiger partial charge in [-0.2, -0.15) is 0 Å². The quantitative estimate of drug-likeness (QED) is 0.716. The minimum atomic E-state index is 0. The second kappa shape index (κ2) is 9.84. The highest BCUT2D eigenvalue weighted by Crippen LogP contribution is 2.08. The number of amides is 1. The van der Waals surface area contributed by atoms with Crippen LogP contribution in [0.4, 0.5) is 0 Å². The summed E-state index contributed by atoms with van der Waals surface area (Å²) in [5.41, 5.74) is 9.98. The van der Waals surface area contributed by atoms with Gasteiger partial charge in [-0.3, -0.25) is 4.79 Å². The Bertz CT molecular complexity index is 191. The summed E-state index contributed by atoms with van der Waals surface area (Å²) in [5.74, 6) is 0.262. The summed E-state index contributed by atoms with van der Waals surface area (Å²) in [7, 11) is 1.50. The van der Waals surface area contributed by atoms with E-state index in [1.54, 1.807) is 0 Å². The minimum absolute atomic E-state index is 0. The first-order valence-electron chi connectivity index (χ1n) is 5.33.